The van der Waals surface area contributed by atoms with Crippen molar-refractivity contribution in [3.63, 3.8) is 0 Å². The molecule has 1 heterocycles. The summed E-state index contributed by atoms with van der Waals surface area (Å²) >= 11 is 0. The number of aliphatic hydroxyl groups excluding tert-OH is 1. The molecule has 144 valence electrons. The summed E-state index contributed by atoms with van der Waals surface area (Å²) < 4.78 is 0. The van der Waals surface area contributed by atoms with Crippen LogP contribution in [-0.2, 0) is 15.6 Å². The molecule has 1 aliphatic carbocycles. The van der Waals surface area contributed by atoms with Crippen LogP contribution in [-0.4, -0.2) is 59.6 Å². The van der Waals surface area contributed by atoms with Gasteiger partial charge in [0.05, 0.1) is 11.5 Å². The van der Waals surface area contributed by atoms with Crippen LogP contribution in [0.2, 0.25) is 0 Å². The fraction of sp³-hybridized carbons (Fsp3) is 0.682. The highest BCUT2D eigenvalue weighted by molar-refractivity contribution is 5.91. The van der Waals surface area contributed by atoms with Crippen LogP contribution >= 0.6 is 0 Å². The molecule has 1 aliphatic heterocycles. The third-order valence-corrected chi connectivity index (χ3v) is 6.06. The monoisotopic (exact) mass is 358 g/mol. The SMILES string of the molecule is CCC(O)CN1CCN(C(=O)C2(c3ccc(C(C)(C)C)cc3)CC2)CC1. The lowest BCUT2D eigenvalue weighted by Gasteiger charge is -2.37. The van der Waals surface area contributed by atoms with Crippen molar-refractivity contribution >= 4 is 5.91 Å². The summed E-state index contributed by atoms with van der Waals surface area (Å²) in [5, 5.41) is 9.83. The van der Waals surface area contributed by atoms with E-state index in [2.05, 4.69) is 49.9 Å². The summed E-state index contributed by atoms with van der Waals surface area (Å²) in [5.74, 6) is 0.302. The van der Waals surface area contributed by atoms with E-state index in [0.717, 1.165) is 52.0 Å². The normalized spacial score (nSPS) is 21.5. The van der Waals surface area contributed by atoms with E-state index in [4.69, 9.17) is 0 Å². The maximum absolute atomic E-state index is 13.2. The van der Waals surface area contributed by atoms with Gasteiger partial charge in [-0.3, -0.25) is 9.69 Å². The van der Waals surface area contributed by atoms with E-state index in [1.54, 1.807) is 0 Å². The lowest BCUT2D eigenvalue weighted by molar-refractivity contribution is -0.135. The highest BCUT2D eigenvalue weighted by Gasteiger charge is 2.53. The minimum Gasteiger partial charge on any atom is -0.392 e. The maximum atomic E-state index is 13.2. The summed E-state index contributed by atoms with van der Waals surface area (Å²) in [6, 6.07) is 8.71. The van der Waals surface area contributed by atoms with E-state index >= 15 is 0 Å². The fourth-order valence-electron chi connectivity index (χ4n) is 3.90. The number of hydrogen-bond acceptors (Lipinski definition) is 3. The highest BCUT2D eigenvalue weighted by Crippen LogP contribution is 2.50. The average molecular weight is 359 g/mol. The van der Waals surface area contributed by atoms with Gasteiger partial charge >= 0.3 is 0 Å². The molecular formula is C22H34N2O2. The molecule has 1 saturated heterocycles. The predicted octanol–water partition coefficient (Wildman–Crippen LogP) is 2.93. The Labute approximate surface area is 158 Å². The van der Waals surface area contributed by atoms with E-state index in [9.17, 15) is 9.90 Å². The van der Waals surface area contributed by atoms with E-state index in [-0.39, 0.29) is 16.9 Å². The molecule has 4 nitrogen and oxygen atoms in total. The number of β-amino-alcohol motifs (C(OH)–C–C–N with tert-alkyl or cyclic N) is 1. The van der Waals surface area contributed by atoms with Gasteiger partial charge in [-0.2, -0.15) is 0 Å². The number of benzene rings is 1. The van der Waals surface area contributed by atoms with Gasteiger partial charge in [0.2, 0.25) is 5.91 Å². The summed E-state index contributed by atoms with van der Waals surface area (Å²) in [6.45, 7) is 12.7. The quantitative estimate of drug-likeness (QED) is 0.880. The zero-order valence-electron chi connectivity index (χ0n) is 16.8. The number of nitrogens with zero attached hydrogens (tertiary/aromatic N) is 2. The third kappa shape index (κ3) is 3.96. The summed E-state index contributed by atoms with van der Waals surface area (Å²) in [6.07, 6.45) is 2.46. The molecule has 4 heteroatoms. The van der Waals surface area contributed by atoms with E-state index in [0.29, 0.717) is 5.91 Å². The van der Waals surface area contributed by atoms with Crippen molar-refractivity contribution in [2.24, 2.45) is 0 Å². The van der Waals surface area contributed by atoms with Crippen LogP contribution in [0.15, 0.2) is 24.3 Å². The highest BCUT2D eigenvalue weighted by atomic mass is 16.3. The van der Waals surface area contributed by atoms with Crippen LogP contribution in [0.1, 0.15) is 58.1 Å². The molecule has 3 rings (SSSR count). The zero-order chi connectivity index (χ0) is 18.9. The van der Waals surface area contributed by atoms with E-state index in [1.165, 1.54) is 11.1 Å². The number of hydrogen-bond donors (Lipinski definition) is 1. The minimum atomic E-state index is -0.276. The van der Waals surface area contributed by atoms with Crippen molar-refractivity contribution in [2.75, 3.05) is 32.7 Å². The van der Waals surface area contributed by atoms with Gasteiger partial charge in [-0.25, -0.2) is 0 Å². The Bertz CT molecular complexity index is 621. The third-order valence-electron chi connectivity index (χ3n) is 6.06. The molecule has 1 amide bonds. The first-order valence-corrected chi connectivity index (χ1v) is 10.1. The molecule has 0 bridgehead atoms. The Kier molecular flexibility index (Phi) is 5.45. The Balaban J connectivity index is 1.63. The van der Waals surface area contributed by atoms with Gasteiger partial charge in [0, 0.05) is 32.7 Å². The molecule has 0 spiro atoms. The number of carbonyl (C=O) groups excluding carboxylic acids is 1. The van der Waals surface area contributed by atoms with Crippen LogP contribution in [0.3, 0.4) is 0 Å². The Morgan fingerprint density at radius 3 is 2.15 bits per heavy atom. The molecule has 2 fully saturated rings. The lowest BCUT2D eigenvalue weighted by Crippen LogP contribution is -2.52. The number of amides is 1. The summed E-state index contributed by atoms with van der Waals surface area (Å²) in [7, 11) is 0. The van der Waals surface area contributed by atoms with Gasteiger partial charge in [-0.05, 0) is 35.8 Å². The second-order valence-electron chi connectivity index (χ2n) is 9.06. The van der Waals surface area contributed by atoms with Crippen LogP contribution < -0.4 is 0 Å². The molecule has 1 atom stereocenters. The molecule has 1 N–H and O–H groups in total. The second kappa shape index (κ2) is 7.32. The van der Waals surface area contributed by atoms with Crippen molar-refractivity contribution in [3.8, 4) is 0 Å². The Morgan fingerprint density at radius 2 is 1.69 bits per heavy atom. The molecule has 2 aliphatic rings. The van der Waals surface area contributed by atoms with Crippen molar-refractivity contribution in [1.29, 1.82) is 0 Å². The lowest BCUT2D eigenvalue weighted by atomic mass is 9.84. The molecule has 1 aromatic carbocycles. The minimum absolute atomic E-state index is 0.138. The number of rotatable bonds is 5. The number of carbonyl (C=O) groups is 1. The van der Waals surface area contributed by atoms with Crippen LogP contribution in [0, 0.1) is 0 Å². The smallest absolute Gasteiger partial charge is 0.233 e. The first kappa shape index (κ1) is 19.4. The fourth-order valence-corrected chi connectivity index (χ4v) is 3.90. The second-order valence-corrected chi connectivity index (χ2v) is 9.06. The molecular weight excluding hydrogens is 324 g/mol. The van der Waals surface area contributed by atoms with E-state index in [1.807, 2.05) is 11.8 Å². The van der Waals surface area contributed by atoms with Crippen molar-refractivity contribution in [2.45, 2.75) is 63.9 Å². The van der Waals surface area contributed by atoms with Crippen molar-refractivity contribution < 1.29 is 9.90 Å². The summed E-state index contributed by atoms with van der Waals surface area (Å²) in [5.41, 5.74) is 2.35. The van der Waals surface area contributed by atoms with Crippen LogP contribution in [0.25, 0.3) is 0 Å². The van der Waals surface area contributed by atoms with Gasteiger partial charge in [-0.1, -0.05) is 52.0 Å². The molecule has 1 saturated carbocycles. The largest absolute Gasteiger partial charge is 0.392 e. The molecule has 1 aromatic rings. The maximum Gasteiger partial charge on any atom is 0.233 e. The zero-order valence-corrected chi connectivity index (χ0v) is 16.8. The van der Waals surface area contributed by atoms with Crippen molar-refractivity contribution in [1.82, 2.24) is 9.80 Å². The van der Waals surface area contributed by atoms with Crippen molar-refractivity contribution in [3.05, 3.63) is 35.4 Å². The molecule has 0 radical (unpaired) electrons. The van der Waals surface area contributed by atoms with E-state index < -0.39 is 0 Å². The molecule has 26 heavy (non-hydrogen) atoms. The average Bonchev–Trinajstić information content (AvgIpc) is 3.43. The summed E-state index contributed by atoms with van der Waals surface area (Å²) in [4.78, 5) is 17.5. The van der Waals surface area contributed by atoms with Gasteiger partial charge in [-0.15, -0.1) is 0 Å². The first-order chi connectivity index (χ1) is 12.3. The first-order valence-electron chi connectivity index (χ1n) is 10.1. The van der Waals surface area contributed by atoms with Gasteiger partial charge in [0.15, 0.2) is 0 Å². The standard InChI is InChI=1S/C22H34N2O2/c1-5-19(25)16-23-12-14-24(15-13-23)20(26)22(10-11-22)18-8-6-17(7-9-18)21(2,3)4/h6-9,19,25H,5,10-16H2,1-4H3. The molecule has 0 aromatic heterocycles. The molecule has 1 unspecified atom stereocenters. The van der Waals surface area contributed by atoms with Crippen LogP contribution in [0.5, 0.6) is 0 Å². The van der Waals surface area contributed by atoms with Gasteiger partial charge in [0.25, 0.3) is 0 Å². The topological polar surface area (TPSA) is 43.8 Å². The van der Waals surface area contributed by atoms with Gasteiger partial charge in [0.1, 0.15) is 0 Å². The predicted molar refractivity (Wildman–Crippen MR) is 105 cm³/mol. The van der Waals surface area contributed by atoms with Crippen LogP contribution in [0.4, 0.5) is 0 Å². The Hall–Kier alpha value is -1.39. The number of piperazine rings is 1. The number of aliphatic hydroxyl groups is 1. The Morgan fingerprint density at radius 1 is 1.12 bits per heavy atom. The van der Waals surface area contributed by atoms with Gasteiger partial charge < -0.3 is 10.0 Å².